The molecule has 2 aromatic heterocycles. The van der Waals surface area contributed by atoms with Crippen LogP contribution in [-0.4, -0.2) is 42.1 Å². The lowest BCUT2D eigenvalue weighted by Crippen LogP contribution is -2.07. The summed E-state index contributed by atoms with van der Waals surface area (Å²) in [6, 6.07) is 7.19. The van der Waals surface area contributed by atoms with Crippen LogP contribution >= 0.6 is 0 Å². The minimum absolute atomic E-state index is 0.0657. The van der Waals surface area contributed by atoms with Gasteiger partial charge in [0, 0.05) is 0 Å². The molecule has 0 aliphatic heterocycles. The molecule has 100 valence electrons. The normalized spacial score (nSPS) is 10.8. The zero-order valence-corrected chi connectivity index (χ0v) is 9.91. The summed E-state index contributed by atoms with van der Waals surface area (Å²) in [5, 5.41) is 17.9. The molecule has 8 heteroatoms. The van der Waals surface area contributed by atoms with Crippen LogP contribution in [-0.2, 0) is 0 Å². The highest BCUT2D eigenvalue weighted by Gasteiger charge is 2.23. The van der Waals surface area contributed by atoms with Crippen LogP contribution in [0.5, 0.6) is 0 Å². The summed E-state index contributed by atoms with van der Waals surface area (Å²) < 4.78 is 0. The van der Waals surface area contributed by atoms with Crippen molar-refractivity contribution in [3.63, 3.8) is 0 Å². The van der Waals surface area contributed by atoms with Crippen LogP contribution < -0.4 is 0 Å². The molecule has 3 aromatic rings. The fourth-order valence-electron chi connectivity index (χ4n) is 1.86. The number of carbonyl (C=O) groups is 2. The Morgan fingerprint density at radius 1 is 0.950 bits per heavy atom. The van der Waals surface area contributed by atoms with Crippen molar-refractivity contribution in [1.82, 2.24) is 19.9 Å². The molecular formula is C12H8N4O4. The highest BCUT2D eigenvalue weighted by Crippen LogP contribution is 2.19. The Kier molecular flexibility index (Phi) is 2.50. The third-order valence-electron chi connectivity index (χ3n) is 2.73. The quantitative estimate of drug-likeness (QED) is 0.569. The number of rotatable bonds is 3. The maximum absolute atomic E-state index is 11.0. The molecule has 0 radical (unpaired) electrons. The lowest BCUT2D eigenvalue weighted by atomic mass is 10.3. The number of nitrogens with zero attached hydrogens (tertiary/aromatic N) is 2. The average Bonchev–Trinajstić information content (AvgIpc) is 3.02. The van der Waals surface area contributed by atoms with E-state index in [1.807, 2.05) is 6.07 Å². The van der Waals surface area contributed by atoms with Crippen molar-refractivity contribution in [3.05, 3.63) is 35.7 Å². The highest BCUT2D eigenvalue weighted by molar-refractivity contribution is 5.99. The number of aromatic amines is 2. The lowest BCUT2D eigenvalue weighted by Gasteiger charge is -1.89. The van der Waals surface area contributed by atoms with Crippen LogP contribution in [0.3, 0.4) is 0 Å². The van der Waals surface area contributed by atoms with E-state index in [2.05, 4.69) is 19.9 Å². The van der Waals surface area contributed by atoms with Gasteiger partial charge in [-0.25, -0.2) is 19.6 Å². The Labute approximate surface area is 111 Å². The van der Waals surface area contributed by atoms with Gasteiger partial charge in [-0.3, -0.25) is 0 Å². The van der Waals surface area contributed by atoms with E-state index in [0.717, 1.165) is 5.52 Å². The Balaban J connectivity index is 2.16. The highest BCUT2D eigenvalue weighted by atomic mass is 16.4. The number of imidazole rings is 2. The second-order valence-corrected chi connectivity index (χ2v) is 4.02. The smallest absolute Gasteiger partial charge is 0.357 e. The predicted molar refractivity (Wildman–Crippen MR) is 67.6 cm³/mol. The van der Waals surface area contributed by atoms with Crippen molar-refractivity contribution in [1.29, 1.82) is 0 Å². The molecule has 20 heavy (non-hydrogen) atoms. The van der Waals surface area contributed by atoms with Gasteiger partial charge < -0.3 is 20.2 Å². The van der Waals surface area contributed by atoms with Gasteiger partial charge in [0.25, 0.3) is 0 Å². The molecule has 0 saturated heterocycles. The second-order valence-electron chi connectivity index (χ2n) is 4.02. The van der Waals surface area contributed by atoms with Gasteiger partial charge in [-0.1, -0.05) is 12.1 Å². The molecule has 0 unspecified atom stereocenters. The number of para-hydroxylation sites is 2. The van der Waals surface area contributed by atoms with Crippen LogP contribution in [0.25, 0.3) is 22.7 Å². The van der Waals surface area contributed by atoms with Crippen molar-refractivity contribution < 1.29 is 19.8 Å². The Hall–Kier alpha value is -3.16. The number of aromatic carboxylic acids is 2. The van der Waals surface area contributed by atoms with Crippen molar-refractivity contribution in [2.45, 2.75) is 0 Å². The molecule has 8 nitrogen and oxygen atoms in total. The number of carboxylic acids is 2. The number of nitrogens with one attached hydrogen (secondary N) is 2. The lowest BCUT2D eigenvalue weighted by molar-refractivity contribution is 0.0644. The Bertz CT molecular complexity index is 768. The van der Waals surface area contributed by atoms with Gasteiger partial charge in [0.1, 0.15) is 0 Å². The third-order valence-corrected chi connectivity index (χ3v) is 2.73. The molecule has 2 heterocycles. The predicted octanol–water partition coefficient (Wildman–Crippen LogP) is 1.35. The van der Waals surface area contributed by atoms with Crippen molar-refractivity contribution in [3.8, 4) is 11.6 Å². The summed E-state index contributed by atoms with van der Waals surface area (Å²) in [6.07, 6.45) is 0. The summed E-state index contributed by atoms with van der Waals surface area (Å²) in [7, 11) is 0. The van der Waals surface area contributed by atoms with E-state index < -0.39 is 23.3 Å². The maximum Gasteiger partial charge on any atom is 0.357 e. The van der Waals surface area contributed by atoms with Crippen LogP contribution in [0.15, 0.2) is 24.3 Å². The van der Waals surface area contributed by atoms with Crippen molar-refractivity contribution >= 4 is 23.0 Å². The van der Waals surface area contributed by atoms with Crippen LogP contribution in [0.4, 0.5) is 0 Å². The minimum Gasteiger partial charge on any atom is -0.477 e. The molecule has 0 aliphatic rings. The zero-order chi connectivity index (χ0) is 14.3. The SMILES string of the molecule is O=C(O)c1nc(-c2nc3ccccc3[nH]2)[nH]c1C(=O)O. The number of hydrogen-bond donors (Lipinski definition) is 4. The largest absolute Gasteiger partial charge is 0.477 e. The molecule has 0 atom stereocenters. The van der Waals surface area contributed by atoms with Gasteiger partial charge in [-0.15, -0.1) is 0 Å². The van der Waals surface area contributed by atoms with E-state index >= 15 is 0 Å². The van der Waals surface area contributed by atoms with Gasteiger partial charge in [0.2, 0.25) is 0 Å². The number of hydrogen-bond acceptors (Lipinski definition) is 4. The van der Waals surface area contributed by atoms with Crippen LogP contribution in [0.1, 0.15) is 21.0 Å². The summed E-state index contributed by atoms with van der Waals surface area (Å²) in [5.41, 5.74) is 0.390. The summed E-state index contributed by atoms with van der Waals surface area (Å²) in [5.74, 6) is -2.46. The topological polar surface area (TPSA) is 132 Å². The van der Waals surface area contributed by atoms with Crippen molar-refractivity contribution in [2.75, 3.05) is 0 Å². The van der Waals surface area contributed by atoms with Gasteiger partial charge in [0.05, 0.1) is 11.0 Å². The van der Waals surface area contributed by atoms with Gasteiger partial charge >= 0.3 is 11.9 Å². The van der Waals surface area contributed by atoms with Crippen molar-refractivity contribution in [2.24, 2.45) is 0 Å². The molecule has 0 spiro atoms. The van der Waals surface area contributed by atoms with E-state index in [1.165, 1.54) is 0 Å². The Morgan fingerprint density at radius 2 is 1.65 bits per heavy atom. The second kappa shape index (κ2) is 4.19. The maximum atomic E-state index is 11.0. The number of benzene rings is 1. The van der Waals surface area contributed by atoms with E-state index in [-0.39, 0.29) is 11.6 Å². The van der Waals surface area contributed by atoms with Gasteiger partial charge in [-0.2, -0.15) is 0 Å². The fraction of sp³-hybridized carbons (Fsp3) is 0. The van der Waals surface area contributed by atoms with E-state index in [4.69, 9.17) is 10.2 Å². The minimum atomic E-state index is -1.42. The summed E-state index contributed by atoms with van der Waals surface area (Å²) in [6.45, 7) is 0. The molecule has 4 N–H and O–H groups in total. The molecule has 0 bridgehead atoms. The molecular weight excluding hydrogens is 264 g/mol. The third kappa shape index (κ3) is 1.79. The number of carboxylic acid groups (broad SMARTS) is 2. The Morgan fingerprint density at radius 3 is 2.25 bits per heavy atom. The average molecular weight is 272 g/mol. The zero-order valence-electron chi connectivity index (χ0n) is 9.91. The van der Waals surface area contributed by atoms with Crippen LogP contribution in [0, 0.1) is 0 Å². The fourth-order valence-corrected chi connectivity index (χ4v) is 1.86. The monoisotopic (exact) mass is 272 g/mol. The van der Waals surface area contributed by atoms with Gasteiger partial charge in [-0.05, 0) is 12.1 Å². The van der Waals surface area contributed by atoms with E-state index in [1.54, 1.807) is 18.2 Å². The first-order chi connectivity index (χ1) is 9.56. The first kappa shape index (κ1) is 11.9. The molecule has 1 aromatic carbocycles. The molecule has 3 rings (SSSR count). The molecule has 0 fully saturated rings. The summed E-state index contributed by atoms with van der Waals surface area (Å²) in [4.78, 5) is 35.3. The van der Waals surface area contributed by atoms with Crippen LogP contribution in [0.2, 0.25) is 0 Å². The number of H-pyrrole nitrogens is 2. The van der Waals surface area contributed by atoms with Gasteiger partial charge in [0.15, 0.2) is 23.0 Å². The first-order valence-corrected chi connectivity index (χ1v) is 5.58. The molecule has 0 aliphatic carbocycles. The molecule has 0 amide bonds. The standard InChI is InChI=1S/C12H8N4O4/c17-11(18)7-8(12(19)20)16-10(15-7)9-13-5-3-1-2-4-6(5)14-9/h1-4H,(H,13,14)(H,15,16)(H,17,18)(H,19,20). The van der Waals surface area contributed by atoms with E-state index in [0.29, 0.717) is 5.52 Å². The number of fused-ring (bicyclic) bond motifs is 1. The first-order valence-electron chi connectivity index (χ1n) is 5.58. The summed E-state index contributed by atoms with van der Waals surface area (Å²) >= 11 is 0. The molecule has 0 saturated carbocycles. The van der Waals surface area contributed by atoms with E-state index in [9.17, 15) is 9.59 Å². The number of aromatic nitrogens is 4.